The van der Waals surface area contributed by atoms with Crippen molar-refractivity contribution in [1.29, 1.82) is 0 Å². The molecule has 16 amide bonds. The minimum atomic E-state index is -1.65. The van der Waals surface area contributed by atoms with Gasteiger partial charge in [0.05, 0.1) is 37.2 Å². The van der Waals surface area contributed by atoms with E-state index < -0.39 is 187 Å². The number of primary amides is 1. The van der Waals surface area contributed by atoms with E-state index in [9.17, 15) is 67.4 Å². The molecule has 0 spiro atoms. The van der Waals surface area contributed by atoms with Gasteiger partial charge in [-0.3, -0.25) is 67.1 Å². The molecule has 5 aromatic rings. The largest absolute Gasteiger partial charge is 0.505 e. The lowest BCUT2D eigenvalue weighted by molar-refractivity contribution is -0.147. The zero-order chi connectivity index (χ0) is 81.9. The van der Waals surface area contributed by atoms with Crippen LogP contribution in [0.3, 0.4) is 0 Å². The Kier molecular flexibility index (Phi) is 29.4. The van der Waals surface area contributed by atoms with E-state index in [1.54, 1.807) is 92.7 Å². The Labute approximate surface area is 663 Å². The standard InChI is InChI=1S/C78H99ClN18O17/c1-45(2)65(79)73(108)89-52(22-17-31-81-78(80)113)68(103)86-49-29-27-46(28-30-49)44-114-60-37-48-19-6-8-21-51(48)88-67(60)75(110)91-54-39-83-70(105)56-24-10-14-33-95(56)64(102)43-93(4)61(99)40-84-71(106)57-25-11-15-34-96(57)76(111)53(90-74(109)66-59(98)36-47-18-5-7-20-50(47)87-66)38-82-69(104)55-23-9-13-32-94(55)63(101)42-92(3)62(100)41-85-72(107)58-26-12-16-35-97(58)77(54)112/h5-8,18-21,27-30,36-37,45,52-58,65,98H,9-17,22-26,31-35,38-44H2,1-4H3,(H,82,104)(H,83,105)(H,84,106)(H,85,107)(H,86,103)(H,89,108)(H,90,109)(H,91,110)(H3,80,81,113)/t52-,53+,54+,55-,56-,57-,58-,65-/m0/s1. The summed E-state index contributed by atoms with van der Waals surface area (Å²) in [4.78, 5) is 228. The van der Waals surface area contributed by atoms with Crippen LogP contribution < -0.4 is 58.3 Å². The first kappa shape index (κ1) is 84.7. The van der Waals surface area contributed by atoms with Crippen molar-refractivity contribution in [3.8, 4) is 11.5 Å². The zero-order valence-corrected chi connectivity index (χ0v) is 64.9. The van der Waals surface area contributed by atoms with Gasteiger partial charge >= 0.3 is 6.03 Å². The number of anilines is 1. The van der Waals surface area contributed by atoms with Crippen molar-refractivity contribution in [2.45, 2.75) is 158 Å². The molecule has 8 atom stereocenters. The van der Waals surface area contributed by atoms with Crippen molar-refractivity contribution in [3.05, 3.63) is 102 Å². The molecule has 12 N–H and O–H groups in total. The van der Waals surface area contributed by atoms with Crippen LogP contribution in [0, 0.1) is 5.92 Å². The second-order valence-electron chi connectivity index (χ2n) is 29.5. The minimum absolute atomic E-state index is 0.00685. The van der Waals surface area contributed by atoms with Crippen molar-refractivity contribution >= 4 is 128 Å². The Hall–Kier alpha value is -11.8. The number of nitrogens with two attached hydrogens (primary N) is 1. The molecule has 7 heterocycles. The van der Waals surface area contributed by atoms with Crippen LogP contribution in [0.15, 0.2) is 84.9 Å². The number of pyridine rings is 2. The van der Waals surface area contributed by atoms with Crippen LogP contribution in [-0.2, 0) is 64.1 Å². The third-order valence-electron chi connectivity index (χ3n) is 20.9. The number of amides is 16. The number of halogens is 1. The number of alkyl halides is 1. The fourth-order valence-electron chi connectivity index (χ4n) is 14.5. The van der Waals surface area contributed by atoms with Gasteiger partial charge in [-0.05, 0) is 138 Å². The summed E-state index contributed by atoms with van der Waals surface area (Å²) in [5, 5.41) is 35.2. The predicted molar refractivity (Wildman–Crippen MR) is 415 cm³/mol. The highest BCUT2D eigenvalue weighted by atomic mass is 35.5. The van der Waals surface area contributed by atoms with Gasteiger partial charge in [0.25, 0.3) is 11.8 Å². The number of fused-ring (bicyclic) bond motifs is 6. The molecule has 2 aromatic heterocycles. The van der Waals surface area contributed by atoms with E-state index in [1.165, 1.54) is 39.8 Å². The Balaban J connectivity index is 0.890. The third kappa shape index (κ3) is 21.9. The van der Waals surface area contributed by atoms with Gasteiger partial charge in [-0.25, -0.2) is 14.8 Å². The second kappa shape index (κ2) is 39.6. The molecule has 0 unspecified atom stereocenters. The summed E-state index contributed by atoms with van der Waals surface area (Å²) < 4.78 is 6.35. The van der Waals surface area contributed by atoms with Crippen LogP contribution in [0.2, 0.25) is 0 Å². The van der Waals surface area contributed by atoms with E-state index in [-0.39, 0.29) is 95.2 Å². The number of piperidine rings is 4. The van der Waals surface area contributed by atoms with Gasteiger partial charge in [-0.1, -0.05) is 62.4 Å². The predicted octanol–water partition coefficient (Wildman–Crippen LogP) is 1.02. The van der Waals surface area contributed by atoms with Crippen molar-refractivity contribution in [2.75, 3.05) is 91.4 Å². The Morgan fingerprint density at radius 3 is 1.48 bits per heavy atom. The summed E-state index contributed by atoms with van der Waals surface area (Å²) in [7, 11) is 2.66. The quantitative estimate of drug-likeness (QED) is 0.0485. The SMILES string of the molecule is CC(C)[C@H](Cl)C(=O)N[C@@H](CCCNC(N)=O)C(=O)Nc1ccc(COc2cc3ccccc3nc2C(=O)N[C@@H]2CNC(=O)[C@@H]3CCCCN3C(=O)CN(C)C(=O)CNC(=O)[C@@H]3CCCCN3C(=O)[C@H](NC(=O)c3nc4ccccc4cc3O)CNC(=O)[C@@H]3CCCCN3C(=O)CN(C)C(=O)CNC(=O)[C@@H]3CCCCN3C2=O)cc1. The molecule has 10 rings (SSSR count). The maximum Gasteiger partial charge on any atom is 0.312 e. The summed E-state index contributed by atoms with van der Waals surface area (Å²) in [5.41, 5.74) is 6.09. The molecule has 114 heavy (non-hydrogen) atoms. The number of aromatic hydroxyl groups is 1. The summed E-state index contributed by atoms with van der Waals surface area (Å²) in [5.74, 6) is -11.1. The summed E-state index contributed by atoms with van der Waals surface area (Å²) in [6, 6.07) is 13.2. The molecule has 5 aliphatic rings. The van der Waals surface area contributed by atoms with Crippen molar-refractivity contribution < 1.29 is 81.8 Å². The number of para-hydroxylation sites is 2. The summed E-state index contributed by atoms with van der Waals surface area (Å²) in [6.07, 6.45) is 4.64. The van der Waals surface area contributed by atoms with E-state index in [0.717, 1.165) is 9.80 Å². The molecule has 5 aliphatic heterocycles. The molecule has 3 aromatic carbocycles. The first-order valence-corrected chi connectivity index (χ1v) is 39.0. The molecule has 0 bridgehead atoms. The molecule has 35 nitrogen and oxygen atoms in total. The molecular weight excluding hydrogens is 1500 g/mol. The van der Waals surface area contributed by atoms with Gasteiger partial charge in [0, 0.05) is 76.4 Å². The van der Waals surface area contributed by atoms with Gasteiger partial charge < -0.3 is 92.8 Å². The second-order valence-corrected chi connectivity index (χ2v) is 29.9. The first-order chi connectivity index (χ1) is 54.6. The lowest BCUT2D eigenvalue weighted by atomic mass is 9.99. The van der Waals surface area contributed by atoms with Crippen LogP contribution >= 0.6 is 11.6 Å². The summed E-state index contributed by atoms with van der Waals surface area (Å²) in [6.45, 7) is 0.0608. The average molecular weight is 1600 g/mol. The number of rotatable bonds is 16. The highest BCUT2D eigenvalue weighted by Gasteiger charge is 2.42. The molecule has 610 valence electrons. The summed E-state index contributed by atoms with van der Waals surface area (Å²) >= 11 is 6.33. The maximum atomic E-state index is 15.4. The Morgan fingerprint density at radius 2 is 1.00 bits per heavy atom. The van der Waals surface area contributed by atoms with Crippen LogP contribution in [0.25, 0.3) is 21.8 Å². The van der Waals surface area contributed by atoms with E-state index in [0.29, 0.717) is 84.4 Å². The fourth-order valence-corrected chi connectivity index (χ4v) is 14.6. The van der Waals surface area contributed by atoms with Crippen LogP contribution in [0.1, 0.15) is 130 Å². The highest BCUT2D eigenvalue weighted by Crippen LogP contribution is 2.29. The number of hydrogen-bond donors (Lipinski definition) is 11. The average Bonchev–Trinajstić information content (AvgIpc) is 0.811. The number of ether oxygens (including phenoxy) is 1. The normalized spacial score (nSPS) is 21.9. The fraction of sp³-hybridized carbons (Fsp3) is 0.500. The number of carbonyl (C=O) groups excluding carboxylic acids is 15. The molecular formula is C78H99ClN18O17. The first-order valence-electron chi connectivity index (χ1n) is 38.5. The number of nitrogens with zero attached hydrogens (tertiary/aromatic N) is 8. The number of aromatic nitrogens is 2. The van der Waals surface area contributed by atoms with Gasteiger partial charge in [0.2, 0.25) is 70.9 Å². The van der Waals surface area contributed by atoms with E-state index in [2.05, 4.69) is 52.8 Å². The van der Waals surface area contributed by atoms with Crippen LogP contribution in [0.4, 0.5) is 10.5 Å². The lowest BCUT2D eigenvalue weighted by Gasteiger charge is -2.38. The van der Waals surface area contributed by atoms with E-state index in [1.807, 2.05) is 0 Å². The van der Waals surface area contributed by atoms with Gasteiger partial charge in [-0.2, -0.15) is 0 Å². The number of likely N-dealkylation sites (N-methyl/N-ethyl adjacent to an activating group) is 2. The molecule has 5 fully saturated rings. The number of carbonyl (C=O) groups is 15. The van der Waals surface area contributed by atoms with Crippen LogP contribution in [-0.4, -0.2) is 267 Å². The topological polar surface area (TPSA) is 465 Å². The Morgan fingerprint density at radius 1 is 0.561 bits per heavy atom. The molecule has 5 saturated heterocycles. The number of urea groups is 1. The van der Waals surface area contributed by atoms with Crippen molar-refractivity contribution in [2.24, 2.45) is 11.7 Å². The monoisotopic (exact) mass is 1590 g/mol. The minimum Gasteiger partial charge on any atom is -0.505 e. The van der Waals surface area contributed by atoms with E-state index in [4.69, 9.17) is 27.1 Å². The smallest absolute Gasteiger partial charge is 0.312 e. The van der Waals surface area contributed by atoms with Crippen LogP contribution in [0.5, 0.6) is 11.5 Å². The lowest BCUT2D eigenvalue weighted by Crippen LogP contribution is -2.61. The number of nitrogens with one attached hydrogen (secondary N) is 9. The van der Waals surface area contributed by atoms with Crippen molar-refractivity contribution in [3.63, 3.8) is 0 Å². The van der Waals surface area contributed by atoms with Gasteiger partial charge in [0.1, 0.15) is 60.0 Å². The number of hydrogen-bond acceptors (Lipinski definition) is 19. The van der Waals surface area contributed by atoms with Gasteiger partial charge in [0.15, 0.2) is 17.1 Å². The molecule has 0 aliphatic carbocycles. The molecule has 36 heteroatoms. The third-order valence-corrected chi connectivity index (χ3v) is 21.6. The molecule has 0 saturated carbocycles. The van der Waals surface area contributed by atoms with Gasteiger partial charge in [-0.15, -0.1) is 11.6 Å². The highest BCUT2D eigenvalue weighted by molar-refractivity contribution is 6.31. The Bertz CT molecular complexity index is 4460. The number of benzene rings is 3. The zero-order valence-electron chi connectivity index (χ0n) is 64.2. The molecule has 0 radical (unpaired) electrons. The maximum absolute atomic E-state index is 15.4. The van der Waals surface area contributed by atoms with Crippen molar-refractivity contribution in [1.82, 2.24) is 81.9 Å². The van der Waals surface area contributed by atoms with E-state index >= 15 is 9.59 Å².